The predicted octanol–water partition coefficient (Wildman–Crippen LogP) is 1.60. The lowest BCUT2D eigenvalue weighted by Crippen LogP contribution is -2.58. The molecule has 4 heteroatoms. The van der Waals surface area contributed by atoms with Crippen LogP contribution < -0.4 is 16.4 Å². The smallest absolute Gasteiger partial charge is 0.315 e. The molecule has 0 bridgehead atoms. The number of nitrogens with two attached hydrogens (primary N) is 1. The van der Waals surface area contributed by atoms with Gasteiger partial charge in [-0.25, -0.2) is 4.79 Å². The molecule has 1 saturated carbocycles. The van der Waals surface area contributed by atoms with Crippen LogP contribution in [0.5, 0.6) is 0 Å². The summed E-state index contributed by atoms with van der Waals surface area (Å²) < 4.78 is 0. The maximum Gasteiger partial charge on any atom is 0.315 e. The highest BCUT2D eigenvalue weighted by Gasteiger charge is 2.29. The molecular weight excluding hydrogens is 202 g/mol. The molecule has 4 N–H and O–H groups in total. The first kappa shape index (κ1) is 13.3. The minimum absolute atomic E-state index is 0.0754. The molecule has 0 aromatic rings. The maximum absolute atomic E-state index is 11.8. The Bertz CT molecular complexity index is 236. The molecule has 16 heavy (non-hydrogen) atoms. The van der Waals surface area contributed by atoms with Gasteiger partial charge in [-0.2, -0.15) is 0 Å². The average molecular weight is 227 g/mol. The third-order valence-electron chi connectivity index (χ3n) is 3.79. The zero-order valence-electron chi connectivity index (χ0n) is 10.7. The summed E-state index contributed by atoms with van der Waals surface area (Å²) in [6.45, 7) is 6.60. The Kier molecular flexibility index (Phi) is 4.59. The summed E-state index contributed by atoms with van der Waals surface area (Å²) in [7, 11) is 0. The van der Waals surface area contributed by atoms with E-state index in [0.717, 1.165) is 12.8 Å². The molecule has 0 aromatic carbocycles. The van der Waals surface area contributed by atoms with Gasteiger partial charge in [0, 0.05) is 12.6 Å². The summed E-state index contributed by atoms with van der Waals surface area (Å²) in [6, 6.07) is 0.280. The number of urea groups is 1. The normalized spacial score (nSPS) is 20.8. The molecule has 0 saturated heterocycles. The predicted molar refractivity (Wildman–Crippen MR) is 66.2 cm³/mol. The highest BCUT2D eigenvalue weighted by Crippen LogP contribution is 2.18. The van der Waals surface area contributed by atoms with E-state index in [2.05, 4.69) is 24.5 Å². The minimum Gasteiger partial charge on any atom is -0.335 e. The zero-order chi connectivity index (χ0) is 12.2. The second kappa shape index (κ2) is 5.53. The van der Waals surface area contributed by atoms with Gasteiger partial charge < -0.3 is 16.4 Å². The molecule has 4 nitrogen and oxygen atoms in total. The van der Waals surface area contributed by atoms with Gasteiger partial charge in [-0.15, -0.1) is 0 Å². The van der Waals surface area contributed by atoms with Crippen molar-refractivity contribution < 1.29 is 4.79 Å². The summed E-state index contributed by atoms with van der Waals surface area (Å²) in [6.07, 6.45) is 4.66. The van der Waals surface area contributed by atoms with Crippen LogP contribution in [0.3, 0.4) is 0 Å². The Morgan fingerprint density at radius 2 is 2.00 bits per heavy atom. The summed E-state index contributed by atoms with van der Waals surface area (Å²) in [5, 5.41) is 6.01. The number of carbonyl (C=O) groups excluding carboxylic acids is 1. The first-order valence-corrected chi connectivity index (χ1v) is 6.26. The second-order valence-electron chi connectivity index (χ2n) is 5.36. The van der Waals surface area contributed by atoms with Crippen LogP contribution in [-0.2, 0) is 0 Å². The highest BCUT2D eigenvalue weighted by molar-refractivity contribution is 5.75. The lowest BCUT2D eigenvalue weighted by molar-refractivity contribution is 0.210. The van der Waals surface area contributed by atoms with Crippen LogP contribution in [0, 0.1) is 5.92 Å². The van der Waals surface area contributed by atoms with E-state index in [-0.39, 0.29) is 11.6 Å². The lowest BCUT2D eigenvalue weighted by atomic mass is 9.89. The van der Waals surface area contributed by atoms with E-state index < -0.39 is 0 Å². The molecule has 0 radical (unpaired) electrons. The molecule has 1 atom stereocenters. The molecule has 1 aliphatic carbocycles. The molecule has 1 unspecified atom stereocenters. The molecule has 0 aromatic heterocycles. The van der Waals surface area contributed by atoms with Crippen LogP contribution in [0.2, 0.25) is 0 Å². The van der Waals surface area contributed by atoms with Crippen LogP contribution >= 0.6 is 0 Å². The monoisotopic (exact) mass is 227 g/mol. The van der Waals surface area contributed by atoms with Crippen molar-refractivity contribution in [2.45, 2.75) is 58.0 Å². The third-order valence-corrected chi connectivity index (χ3v) is 3.79. The number of amides is 2. The molecule has 0 spiro atoms. The van der Waals surface area contributed by atoms with E-state index >= 15 is 0 Å². The fourth-order valence-electron chi connectivity index (χ4n) is 1.98. The fraction of sp³-hybridized carbons (Fsp3) is 0.917. The Hall–Kier alpha value is -0.770. The van der Waals surface area contributed by atoms with E-state index in [1.165, 1.54) is 12.8 Å². The quantitative estimate of drug-likeness (QED) is 0.683. The van der Waals surface area contributed by atoms with E-state index in [4.69, 9.17) is 5.73 Å². The van der Waals surface area contributed by atoms with Crippen LogP contribution in [0.4, 0.5) is 4.79 Å². The molecule has 0 aliphatic heterocycles. The fourth-order valence-corrected chi connectivity index (χ4v) is 1.98. The number of hydrogen-bond acceptors (Lipinski definition) is 2. The van der Waals surface area contributed by atoms with Gasteiger partial charge in [0.05, 0.1) is 5.54 Å². The van der Waals surface area contributed by atoms with Crippen LogP contribution in [0.15, 0.2) is 0 Å². The summed E-state index contributed by atoms with van der Waals surface area (Å²) in [4.78, 5) is 11.8. The van der Waals surface area contributed by atoms with E-state index in [1.54, 1.807) is 0 Å². The number of rotatable bonds is 4. The average Bonchev–Trinajstić information content (AvgIpc) is 2.69. The highest BCUT2D eigenvalue weighted by atomic mass is 16.2. The number of nitrogens with one attached hydrogen (secondary N) is 2. The van der Waals surface area contributed by atoms with Crippen molar-refractivity contribution >= 4 is 6.03 Å². The largest absolute Gasteiger partial charge is 0.335 e. The first-order valence-electron chi connectivity index (χ1n) is 6.26. The number of carbonyl (C=O) groups is 1. The topological polar surface area (TPSA) is 67.1 Å². The van der Waals surface area contributed by atoms with Crippen molar-refractivity contribution in [3.63, 3.8) is 0 Å². The maximum atomic E-state index is 11.8. The van der Waals surface area contributed by atoms with Crippen molar-refractivity contribution in [2.75, 3.05) is 6.54 Å². The zero-order valence-corrected chi connectivity index (χ0v) is 10.7. The van der Waals surface area contributed by atoms with Crippen molar-refractivity contribution in [3.05, 3.63) is 0 Å². The van der Waals surface area contributed by atoms with Gasteiger partial charge in [-0.1, -0.05) is 26.7 Å². The van der Waals surface area contributed by atoms with Crippen molar-refractivity contribution in [1.82, 2.24) is 10.6 Å². The van der Waals surface area contributed by atoms with E-state index in [9.17, 15) is 4.79 Å². The Labute approximate surface area is 98.3 Å². The Balaban J connectivity index is 2.42. The lowest BCUT2D eigenvalue weighted by Gasteiger charge is -2.34. The third kappa shape index (κ3) is 3.37. The summed E-state index contributed by atoms with van der Waals surface area (Å²) in [5.41, 5.74) is 5.41. The van der Waals surface area contributed by atoms with Gasteiger partial charge >= 0.3 is 6.03 Å². The minimum atomic E-state index is -0.317. The molecule has 2 amide bonds. The summed E-state index contributed by atoms with van der Waals surface area (Å²) in [5.74, 6) is 0.326. The van der Waals surface area contributed by atoms with Crippen molar-refractivity contribution in [1.29, 1.82) is 0 Å². The molecule has 1 rings (SSSR count). The van der Waals surface area contributed by atoms with Gasteiger partial charge in [-0.3, -0.25) is 0 Å². The van der Waals surface area contributed by atoms with Crippen LogP contribution in [-0.4, -0.2) is 24.2 Å². The Morgan fingerprint density at radius 1 is 1.44 bits per heavy atom. The SMILES string of the molecule is CC(C)C(C)(CN)NC(=O)NC1CCCC1. The van der Waals surface area contributed by atoms with Crippen LogP contribution in [0.25, 0.3) is 0 Å². The molecule has 94 valence electrons. The van der Waals surface area contributed by atoms with Gasteiger partial charge in [0.25, 0.3) is 0 Å². The van der Waals surface area contributed by atoms with Gasteiger partial charge in [0.2, 0.25) is 0 Å². The Morgan fingerprint density at radius 3 is 2.44 bits per heavy atom. The van der Waals surface area contributed by atoms with Crippen molar-refractivity contribution in [2.24, 2.45) is 11.7 Å². The summed E-state index contributed by atoms with van der Waals surface area (Å²) >= 11 is 0. The van der Waals surface area contributed by atoms with Gasteiger partial charge in [-0.05, 0) is 25.7 Å². The van der Waals surface area contributed by atoms with Crippen molar-refractivity contribution in [3.8, 4) is 0 Å². The molecule has 1 aliphatic rings. The standard InChI is InChI=1S/C12H25N3O/c1-9(2)12(3,8-13)15-11(16)14-10-6-4-5-7-10/h9-10H,4-8,13H2,1-3H3,(H2,14,15,16). The van der Waals surface area contributed by atoms with Gasteiger partial charge in [0.15, 0.2) is 0 Å². The van der Waals surface area contributed by atoms with Crippen LogP contribution in [0.1, 0.15) is 46.5 Å². The molecule has 1 fully saturated rings. The molecule has 0 heterocycles. The first-order chi connectivity index (χ1) is 7.48. The number of hydrogen-bond donors (Lipinski definition) is 3. The van der Waals surface area contributed by atoms with E-state index in [0.29, 0.717) is 18.5 Å². The van der Waals surface area contributed by atoms with Gasteiger partial charge in [0.1, 0.15) is 0 Å². The second-order valence-corrected chi connectivity index (χ2v) is 5.36. The van der Waals surface area contributed by atoms with E-state index in [1.807, 2.05) is 6.92 Å². The molecular formula is C12H25N3O.